The van der Waals surface area contributed by atoms with Crippen molar-refractivity contribution in [1.82, 2.24) is 0 Å². The van der Waals surface area contributed by atoms with Crippen LogP contribution in [-0.4, -0.2) is 25.2 Å². The molecule has 0 aliphatic carbocycles. The van der Waals surface area contributed by atoms with Crippen LogP contribution in [0.2, 0.25) is 0 Å². The standard InChI is InChI=1S/C6H9NO3/c1-2-3-9-6-7-4-5(8)10-6/h2-4H2,1H3. The maximum absolute atomic E-state index is 10.4. The zero-order chi connectivity index (χ0) is 7.40. The maximum Gasteiger partial charge on any atom is 0.392 e. The molecule has 0 atom stereocenters. The van der Waals surface area contributed by atoms with Crippen molar-refractivity contribution >= 4 is 12.1 Å². The van der Waals surface area contributed by atoms with Crippen LogP contribution in [0.4, 0.5) is 0 Å². The molecule has 1 heterocycles. The summed E-state index contributed by atoms with van der Waals surface area (Å²) in [6.45, 7) is 2.61. The second-order valence-corrected chi connectivity index (χ2v) is 1.90. The monoisotopic (exact) mass is 143 g/mol. The third-order valence-electron chi connectivity index (χ3n) is 0.968. The molecule has 0 spiro atoms. The van der Waals surface area contributed by atoms with Gasteiger partial charge in [-0.25, -0.2) is 9.79 Å². The van der Waals surface area contributed by atoms with Crippen LogP contribution >= 0.6 is 0 Å². The number of rotatable bonds is 2. The zero-order valence-electron chi connectivity index (χ0n) is 5.79. The van der Waals surface area contributed by atoms with E-state index < -0.39 is 0 Å². The van der Waals surface area contributed by atoms with Crippen molar-refractivity contribution in [3.63, 3.8) is 0 Å². The first-order chi connectivity index (χ1) is 4.83. The molecule has 56 valence electrons. The Morgan fingerprint density at radius 2 is 2.60 bits per heavy atom. The van der Waals surface area contributed by atoms with Gasteiger partial charge in [-0.15, -0.1) is 0 Å². The largest absolute Gasteiger partial charge is 0.450 e. The van der Waals surface area contributed by atoms with Gasteiger partial charge in [-0.1, -0.05) is 6.92 Å². The number of hydrogen-bond donors (Lipinski definition) is 0. The predicted molar refractivity (Wildman–Crippen MR) is 34.6 cm³/mol. The summed E-state index contributed by atoms with van der Waals surface area (Å²) in [6.07, 6.45) is 1.00. The fourth-order valence-electron chi connectivity index (χ4n) is 0.556. The minimum Gasteiger partial charge on any atom is -0.450 e. The number of carbonyl (C=O) groups excluding carboxylic acids is 1. The van der Waals surface area contributed by atoms with Gasteiger partial charge in [-0.3, -0.25) is 0 Å². The molecule has 4 nitrogen and oxygen atoms in total. The molecule has 0 radical (unpaired) electrons. The highest BCUT2D eigenvalue weighted by Gasteiger charge is 2.16. The minimum absolute atomic E-state index is 0.0963. The molecule has 1 aliphatic rings. The van der Waals surface area contributed by atoms with E-state index in [1.807, 2.05) is 6.92 Å². The average molecular weight is 143 g/mol. The smallest absolute Gasteiger partial charge is 0.392 e. The fraction of sp³-hybridized carbons (Fsp3) is 0.667. The normalized spacial score (nSPS) is 16.5. The lowest BCUT2D eigenvalue weighted by Gasteiger charge is -1.99. The van der Waals surface area contributed by atoms with Crippen LogP contribution in [0.25, 0.3) is 0 Å². The van der Waals surface area contributed by atoms with Crippen molar-refractivity contribution < 1.29 is 14.3 Å². The van der Waals surface area contributed by atoms with Gasteiger partial charge < -0.3 is 9.47 Å². The van der Waals surface area contributed by atoms with Gasteiger partial charge in [-0.05, 0) is 6.42 Å². The van der Waals surface area contributed by atoms with E-state index in [2.05, 4.69) is 9.73 Å². The van der Waals surface area contributed by atoms with E-state index in [1.54, 1.807) is 0 Å². The molecule has 0 fully saturated rings. The number of esters is 1. The highest BCUT2D eigenvalue weighted by molar-refractivity contribution is 5.91. The molecule has 1 aliphatic heterocycles. The Balaban J connectivity index is 2.23. The molecule has 0 aromatic heterocycles. The van der Waals surface area contributed by atoms with Gasteiger partial charge >= 0.3 is 12.1 Å². The second kappa shape index (κ2) is 3.20. The summed E-state index contributed by atoms with van der Waals surface area (Å²) < 4.78 is 9.48. The van der Waals surface area contributed by atoms with Gasteiger partial charge in [0, 0.05) is 0 Å². The molecule has 0 saturated carbocycles. The molecular formula is C6H9NO3. The van der Waals surface area contributed by atoms with E-state index in [-0.39, 0.29) is 18.6 Å². The zero-order valence-corrected chi connectivity index (χ0v) is 5.79. The summed E-state index contributed by atoms with van der Waals surface area (Å²) in [5, 5.41) is 0. The van der Waals surface area contributed by atoms with E-state index >= 15 is 0 Å². The quantitative estimate of drug-likeness (QED) is 0.523. The summed E-state index contributed by atoms with van der Waals surface area (Å²) in [7, 11) is 0. The van der Waals surface area contributed by atoms with Crippen molar-refractivity contribution in [3.05, 3.63) is 0 Å². The van der Waals surface area contributed by atoms with Crippen molar-refractivity contribution in [1.29, 1.82) is 0 Å². The van der Waals surface area contributed by atoms with Crippen molar-refractivity contribution in [2.24, 2.45) is 4.99 Å². The summed E-state index contributed by atoms with van der Waals surface area (Å²) in [5.41, 5.74) is 0. The maximum atomic E-state index is 10.4. The van der Waals surface area contributed by atoms with Gasteiger partial charge in [0.05, 0.1) is 6.61 Å². The Bertz CT molecular complexity index is 164. The van der Waals surface area contributed by atoms with Crippen LogP contribution in [0.5, 0.6) is 0 Å². The lowest BCUT2D eigenvalue weighted by atomic mass is 10.5. The summed E-state index contributed by atoms with van der Waals surface area (Å²) in [6, 6.07) is 0. The van der Waals surface area contributed by atoms with Crippen molar-refractivity contribution in [3.8, 4) is 0 Å². The van der Waals surface area contributed by atoms with Crippen LogP contribution in [0.1, 0.15) is 13.3 Å². The molecule has 0 bridgehead atoms. The molecule has 0 N–H and O–H groups in total. The SMILES string of the molecule is CCCOC1=NCC(=O)O1. The lowest BCUT2D eigenvalue weighted by molar-refractivity contribution is -0.133. The highest BCUT2D eigenvalue weighted by Crippen LogP contribution is 1.97. The third-order valence-corrected chi connectivity index (χ3v) is 0.968. The average Bonchev–Trinajstić information content (AvgIpc) is 2.31. The van der Waals surface area contributed by atoms with Gasteiger partial charge in [0.15, 0.2) is 0 Å². The number of cyclic esters (lactones) is 1. The number of nitrogens with zero attached hydrogens (tertiary/aromatic N) is 1. The van der Waals surface area contributed by atoms with Crippen LogP contribution in [0.3, 0.4) is 0 Å². The van der Waals surface area contributed by atoms with Crippen LogP contribution < -0.4 is 0 Å². The Hall–Kier alpha value is -1.06. The molecule has 0 amide bonds. The highest BCUT2D eigenvalue weighted by atomic mass is 16.7. The van der Waals surface area contributed by atoms with Crippen molar-refractivity contribution in [2.75, 3.05) is 13.2 Å². The van der Waals surface area contributed by atoms with E-state index in [4.69, 9.17) is 4.74 Å². The Morgan fingerprint density at radius 3 is 3.10 bits per heavy atom. The van der Waals surface area contributed by atoms with E-state index in [0.717, 1.165) is 6.42 Å². The lowest BCUT2D eigenvalue weighted by Crippen LogP contribution is -2.08. The molecule has 0 aromatic rings. The molecule has 4 heteroatoms. The number of hydrogen-bond acceptors (Lipinski definition) is 4. The van der Waals surface area contributed by atoms with Crippen LogP contribution in [-0.2, 0) is 14.3 Å². The minimum atomic E-state index is -0.342. The number of ether oxygens (including phenoxy) is 2. The van der Waals surface area contributed by atoms with Gasteiger partial charge in [0.25, 0.3) is 0 Å². The van der Waals surface area contributed by atoms with Gasteiger partial charge in [0.1, 0.15) is 6.54 Å². The first-order valence-electron chi connectivity index (χ1n) is 3.21. The molecule has 1 rings (SSSR count). The van der Waals surface area contributed by atoms with Crippen LogP contribution in [0, 0.1) is 0 Å². The number of carbonyl (C=O) groups is 1. The van der Waals surface area contributed by atoms with Gasteiger partial charge in [-0.2, -0.15) is 0 Å². The summed E-state index contributed by atoms with van der Waals surface area (Å²) in [4.78, 5) is 14.1. The topological polar surface area (TPSA) is 47.9 Å². The first kappa shape index (κ1) is 7.05. The molecule has 0 unspecified atom stereocenters. The van der Waals surface area contributed by atoms with E-state index in [1.165, 1.54) is 0 Å². The van der Waals surface area contributed by atoms with Gasteiger partial charge in [0.2, 0.25) is 0 Å². The Morgan fingerprint density at radius 1 is 1.80 bits per heavy atom. The summed E-state index contributed by atoms with van der Waals surface area (Å²) in [5.74, 6) is -0.342. The molecular weight excluding hydrogens is 134 g/mol. The number of aliphatic imine (C=N–C) groups is 1. The first-order valence-corrected chi connectivity index (χ1v) is 3.21. The Kier molecular flexibility index (Phi) is 2.25. The summed E-state index contributed by atoms with van der Waals surface area (Å²) >= 11 is 0. The second-order valence-electron chi connectivity index (χ2n) is 1.90. The van der Waals surface area contributed by atoms with Crippen molar-refractivity contribution in [2.45, 2.75) is 13.3 Å². The fourth-order valence-corrected chi connectivity index (χ4v) is 0.556. The Labute approximate surface area is 58.8 Å². The molecule has 0 aromatic carbocycles. The van der Waals surface area contributed by atoms with E-state index in [9.17, 15) is 4.79 Å². The molecule has 0 saturated heterocycles. The van der Waals surface area contributed by atoms with Crippen LogP contribution in [0.15, 0.2) is 4.99 Å². The molecule has 10 heavy (non-hydrogen) atoms. The third kappa shape index (κ3) is 1.72. The predicted octanol–water partition coefficient (Wildman–Crippen LogP) is 0.326. The van der Waals surface area contributed by atoms with E-state index in [0.29, 0.717) is 6.61 Å².